The molecule has 3 rings (SSSR count). The normalized spacial score (nSPS) is 15.0. The fraction of sp³-hybridized carbons (Fsp3) is 0.500. The fourth-order valence-corrected chi connectivity index (χ4v) is 3.56. The summed E-state index contributed by atoms with van der Waals surface area (Å²) in [6, 6.07) is 8.22. The number of rotatable bonds is 7. The zero-order valence-corrected chi connectivity index (χ0v) is 16.6. The minimum absolute atomic E-state index is 0.383. The van der Waals surface area contributed by atoms with Crippen LogP contribution < -0.4 is 15.4 Å². The molecule has 0 amide bonds. The number of benzene rings is 1. The number of ether oxygens (including phenoxy) is 1. The molecule has 2 aromatic rings. The highest BCUT2D eigenvalue weighted by molar-refractivity contribution is 7.09. The van der Waals surface area contributed by atoms with Gasteiger partial charge < -0.3 is 15.4 Å². The lowest BCUT2D eigenvalue weighted by Gasteiger charge is -2.27. The molecule has 0 radical (unpaired) electrons. The molecule has 26 heavy (non-hydrogen) atoms. The summed E-state index contributed by atoms with van der Waals surface area (Å²) in [5.41, 5.74) is 2.30. The van der Waals surface area contributed by atoms with Gasteiger partial charge in [-0.25, -0.2) is 4.98 Å². The molecule has 2 N–H and O–H groups in total. The topological polar surface area (TPSA) is 58.5 Å². The number of aromatic nitrogens is 1. The van der Waals surface area contributed by atoms with Gasteiger partial charge in [0.25, 0.3) is 0 Å². The number of para-hydroxylation sites is 1. The smallest absolute Gasteiger partial charge is 0.191 e. The van der Waals surface area contributed by atoms with Crippen LogP contribution in [0.15, 0.2) is 34.6 Å². The Morgan fingerprint density at radius 2 is 2.04 bits per heavy atom. The molecule has 0 aliphatic heterocycles. The van der Waals surface area contributed by atoms with Crippen LogP contribution in [0.3, 0.4) is 0 Å². The van der Waals surface area contributed by atoms with E-state index in [0.29, 0.717) is 25.1 Å². The quantitative estimate of drug-likeness (QED) is 0.568. The zero-order valence-electron chi connectivity index (χ0n) is 15.8. The van der Waals surface area contributed by atoms with Crippen LogP contribution in [-0.4, -0.2) is 24.1 Å². The highest BCUT2D eigenvalue weighted by Crippen LogP contribution is 2.27. The van der Waals surface area contributed by atoms with Crippen LogP contribution >= 0.6 is 11.3 Å². The van der Waals surface area contributed by atoms with Crippen molar-refractivity contribution < 1.29 is 4.74 Å². The Bertz CT molecular complexity index is 737. The Labute approximate surface area is 159 Å². The lowest BCUT2D eigenvalue weighted by atomic mass is 9.96. The third-order valence-electron chi connectivity index (χ3n) is 4.56. The van der Waals surface area contributed by atoms with Crippen molar-refractivity contribution in [2.75, 3.05) is 7.05 Å². The van der Waals surface area contributed by atoms with Crippen LogP contribution in [0.4, 0.5) is 0 Å². The summed E-state index contributed by atoms with van der Waals surface area (Å²) >= 11 is 1.69. The van der Waals surface area contributed by atoms with Gasteiger partial charge in [0.15, 0.2) is 5.96 Å². The number of guanidine groups is 1. The van der Waals surface area contributed by atoms with Crippen molar-refractivity contribution in [1.82, 2.24) is 15.6 Å². The molecule has 0 atom stereocenters. The van der Waals surface area contributed by atoms with E-state index in [1.54, 1.807) is 18.4 Å². The molecule has 0 saturated heterocycles. The van der Waals surface area contributed by atoms with Gasteiger partial charge in [-0.1, -0.05) is 32.0 Å². The van der Waals surface area contributed by atoms with E-state index < -0.39 is 0 Å². The Morgan fingerprint density at radius 3 is 2.69 bits per heavy atom. The predicted octanol–water partition coefficient (Wildman–Crippen LogP) is 4.06. The molecular formula is C20H28N4OS. The molecule has 1 heterocycles. The Hall–Kier alpha value is -2.08. The van der Waals surface area contributed by atoms with Gasteiger partial charge in [-0.2, -0.15) is 0 Å². The highest BCUT2D eigenvalue weighted by atomic mass is 32.1. The molecule has 1 saturated carbocycles. The van der Waals surface area contributed by atoms with Gasteiger partial charge in [-0.05, 0) is 31.2 Å². The molecule has 1 aliphatic rings. The summed E-state index contributed by atoms with van der Waals surface area (Å²) in [6.45, 7) is 5.68. The summed E-state index contributed by atoms with van der Waals surface area (Å²) in [4.78, 5) is 8.96. The first-order valence-corrected chi connectivity index (χ1v) is 10.2. The lowest BCUT2D eigenvalue weighted by Crippen LogP contribution is -2.36. The van der Waals surface area contributed by atoms with Crippen molar-refractivity contribution in [1.29, 1.82) is 0 Å². The van der Waals surface area contributed by atoms with E-state index in [0.717, 1.165) is 40.8 Å². The first-order valence-electron chi connectivity index (χ1n) is 9.29. The van der Waals surface area contributed by atoms with Gasteiger partial charge in [0, 0.05) is 24.5 Å². The Kier molecular flexibility index (Phi) is 6.50. The monoisotopic (exact) mass is 372 g/mol. The summed E-state index contributed by atoms with van der Waals surface area (Å²) in [5, 5.41) is 9.91. The molecule has 0 unspecified atom stereocenters. The van der Waals surface area contributed by atoms with Crippen LogP contribution in [0.25, 0.3) is 0 Å². The van der Waals surface area contributed by atoms with Gasteiger partial charge >= 0.3 is 0 Å². The van der Waals surface area contributed by atoms with E-state index in [9.17, 15) is 0 Å². The molecule has 1 aromatic heterocycles. The van der Waals surface area contributed by atoms with Gasteiger partial charge in [-0.15, -0.1) is 11.3 Å². The maximum atomic E-state index is 6.09. The third-order valence-corrected chi connectivity index (χ3v) is 5.42. The fourth-order valence-electron chi connectivity index (χ4n) is 2.66. The lowest BCUT2D eigenvalue weighted by molar-refractivity contribution is 0.119. The van der Waals surface area contributed by atoms with Crippen molar-refractivity contribution in [2.24, 2.45) is 4.99 Å². The van der Waals surface area contributed by atoms with E-state index in [4.69, 9.17) is 4.74 Å². The average Bonchev–Trinajstić information content (AvgIpc) is 3.08. The maximum Gasteiger partial charge on any atom is 0.191 e. The number of aliphatic imine (C=N–C) groups is 1. The standard InChI is InChI=1S/C20H28N4OS/c1-14(2)17-13-26-19(24-17)12-23-20(21-3)22-11-15-7-4-5-10-18(15)25-16-8-6-9-16/h4-5,7,10,13-14,16H,6,8-9,11-12H2,1-3H3,(H2,21,22,23). The van der Waals surface area contributed by atoms with Crippen LogP contribution in [0.5, 0.6) is 5.75 Å². The Morgan fingerprint density at radius 1 is 1.27 bits per heavy atom. The summed E-state index contributed by atoms with van der Waals surface area (Å²) in [6.07, 6.45) is 3.99. The van der Waals surface area contributed by atoms with Crippen molar-refractivity contribution in [3.8, 4) is 5.75 Å². The largest absolute Gasteiger partial charge is 0.490 e. The van der Waals surface area contributed by atoms with Gasteiger partial charge in [0.1, 0.15) is 10.8 Å². The first kappa shape index (κ1) is 18.7. The van der Waals surface area contributed by atoms with Crippen molar-refractivity contribution in [3.63, 3.8) is 0 Å². The second-order valence-corrected chi connectivity index (χ2v) is 7.82. The van der Waals surface area contributed by atoms with Crippen molar-refractivity contribution in [2.45, 2.75) is 58.2 Å². The third kappa shape index (κ3) is 4.97. The molecule has 140 valence electrons. The number of nitrogens with zero attached hydrogens (tertiary/aromatic N) is 2. The summed E-state index contributed by atoms with van der Waals surface area (Å²) < 4.78 is 6.09. The molecule has 0 bridgehead atoms. The minimum atomic E-state index is 0.383. The van der Waals surface area contributed by atoms with E-state index in [1.165, 1.54) is 6.42 Å². The number of thiazole rings is 1. The van der Waals surface area contributed by atoms with Gasteiger partial charge in [0.05, 0.1) is 18.3 Å². The van der Waals surface area contributed by atoms with E-state index in [-0.39, 0.29) is 0 Å². The average molecular weight is 373 g/mol. The Balaban J connectivity index is 1.52. The molecule has 5 nitrogen and oxygen atoms in total. The number of nitrogens with one attached hydrogen (secondary N) is 2. The SMILES string of the molecule is CN=C(NCc1nc(C(C)C)cs1)NCc1ccccc1OC1CCC1. The van der Waals surface area contributed by atoms with Crippen LogP contribution in [-0.2, 0) is 13.1 Å². The van der Waals surface area contributed by atoms with Crippen LogP contribution in [0, 0.1) is 0 Å². The van der Waals surface area contributed by atoms with Crippen LogP contribution in [0.2, 0.25) is 0 Å². The number of hydrogen-bond donors (Lipinski definition) is 2. The second kappa shape index (κ2) is 9.03. The van der Waals surface area contributed by atoms with E-state index in [1.807, 2.05) is 12.1 Å². The molecule has 1 fully saturated rings. The van der Waals surface area contributed by atoms with E-state index >= 15 is 0 Å². The second-order valence-electron chi connectivity index (χ2n) is 6.88. The van der Waals surface area contributed by atoms with Gasteiger partial charge in [-0.3, -0.25) is 4.99 Å². The molecule has 1 aromatic carbocycles. The van der Waals surface area contributed by atoms with Gasteiger partial charge in [0.2, 0.25) is 0 Å². The molecule has 0 spiro atoms. The molecule has 1 aliphatic carbocycles. The summed E-state index contributed by atoms with van der Waals surface area (Å²) in [7, 11) is 1.79. The first-order chi connectivity index (χ1) is 12.7. The highest BCUT2D eigenvalue weighted by Gasteiger charge is 2.20. The zero-order chi connectivity index (χ0) is 18.4. The van der Waals surface area contributed by atoms with E-state index in [2.05, 4.69) is 52.0 Å². The predicted molar refractivity (Wildman–Crippen MR) is 108 cm³/mol. The van der Waals surface area contributed by atoms with Crippen LogP contribution in [0.1, 0.15) is 55.3 Å². The summed E-state index contributed by atoms with van der Waals surface area (Å²) in [5.74, 6) is 2.20. The maximum absolute atomic E-state index is 6.09. The van der Waals surface area contributed by atoms with Crippen molar-refractivity contribution >= 4 is 17.3 Å². The van der Waals surface area contributed by atoms with Crippen molar-refractivity contribution in [3.05, 3.63) is 45.9 Å². The molecular weight excluding hydrogens is 344 g/mol. The molecule has 6 heteroatoms. The number of hydrogen-bond acceptors (Lipinski definition) is 4. The minimum Gasteiger partial charge on any atom is -0.490 e.